The lowest BCUT2D eigenvalue weighted by Gasteiger charge is -2.10. The van der Waals surface area contributed by atoms with Crippen molar-refractivity contribution in [3.8, 4) is 0 Å². The first-order valence-electron chi connectivity index (χ1n) is 5.54. The molecule has 1 aliphatic heterocycles. The van der Waals surface area contributed by atoms with Gasteiger partial charge in [-0.1, -0.05) is 0 Å². The van der Waals surface area contributed by atoms with Crippen molar-refractivity contribution in [2.24, 2.45) is 0 Å². The highest BCUT2D eigenvalue weighted by Gasteiger charge is 2.19. The number of ether oxygens (including phenoxy) is 1. The lowest BCUT2D eigenvalue weighted by molar-refractivity contribution is 0.0695. The van der Waals surface area contributed by atoms with Crippen molar-refractivity contribution in [3.05, 3.63) is 29.3 Å². The number of halogens is 2. The van der Waals surface area contributed by atoms with Gasteiger partial charge in [0, 0.05) is 12.4 Å². The van der Waals surface area contributed by atoms with Gasteiger partial charge in [0.1, 0.15) is 11.6 Å². The van der Waals surface area contributed by atoms with Crippen LogP contribution in [0.5, 0.6) is 0 Å². The Balaban J connectivity index is 2.10. The van der Waals surface area contributed by atoms with Crippen LogP contribution in [0, 0.1) is 11.6 Å². The lowest BCUT2D eigenvalue weighted by Crippen LogP contribution is -2.08. The second-order valence-electron chi connectivity index (χ2n) is 4.02. The minimum atomic E-state index is -1.34. The van der Waals surface area contributed by atoms with Crippen LogP contribution in [0.15, 0.2) is 17.0 Å². The fourth-order valence-electron chi connectivity index (χ4n) is 1.77. The number of carboxylic acids is 1. The molecule has 1 fully saturated rings. The second kappa shape index (κ2) is 5.67. The molecular formula is C12H12F2O3S. The van der Waals surface area contributed by atoms with E-state index in [0.29, 0.717) is 12.4 Å². The molecule has 1 saturated heterocycles. The van der Waals surface area contributed by atoms with Gasteiger partial charge in [0.05, 0.1) is 16.6 Å². The summed E-state index contributed by atoms with van der Waals surface area (Å²) in [4.78, 5) is 10.5. The highest BCUT2D eigenvalue weighted by Crippen LogP contribution is 2.29. The average molecular weight is 274 g/mol. The summed E-state index contributed by atoms with van der Waals surface area (Å²) in [5.74, 6) is -2.55. The molecule has 0 radical (unpaired) electrons. The molecule has 1 unspecified atom stereocenters. The van der Waals surface area contributed by atoms with Crippen molar-refractivity contribution >= 4 is 17.7 Å². The molecule has 1 aromatic carbocycles. The van der Waals surface area contributed by atoms with E-state index in [2.05, 4.69) is 0 Å². The third-order valence-electron chi connectivity index (χ3n) is 2.68. The van der Waals surface area contributed by atoms with Crippen molar-refractivity contribution < 1.29 is 23.4 Å². The molecule has 1 N–H and O–H groups in total. The molecule has 2 rings (SSSR count). The van der Waals surface area contributed by atoms with Crippen LogP contribution in [0.4, 0.5) is 8.78 Å². The predicted molar refractivity (Wildman–Crippen MR) is 63.0 cm³/mol. The third kappa shape index (κ3) is 3.00. The first kappa shape index (κ1) is 13.3. The van der Waals surface area contributed by atoms with Gasteiger partial charge in [-0.05, 0) is 25.0 Å². The number of hydrogen-bond acceptors (Lipinski definition) is 3. The molecular weight excluding hydrogens is 262 g/mol. The molecule has 1 aliphatic rings. The molecule has 0 bridgehead atoms. The standard InChI is InChI=1S/C12H12F2O3S/c13-9-4-7(12(15)16)5-10(14)11(9)18-6-8-2-1-3-17-8/h4-5,8H,1-3,6H2,(H,15,16). The van der Waals surface area contributed by atoms with Crippen LogP contribution in [-0.4, -0.2) is 29.5 Å². The summed E-state index contributed by atoms with van der Waals surface area (Å²) < 4.78 is 32.5. The molecule has 0 aromatic heterocycles. The van der Waals surface area contributed by atoms with Crippen molar-refractivity contribution in [1.29, 1.82) is 0 Å². The molecule has 1 aromatic rings. The number of carboxylic acid groups (broad SMARTS) is 1. The summed E-state index contributed by atoms with van der Waals surface area (Å²) in [6, 6.07) is 1.67. The number of aromatic carboxylic acids is 1. The summed E-state index contributed by atoms with van der Waals surface area (Å²) in [6.07, 6.45) is 1.88. The Kier molecular flexibility index (Phi) is 4.19. The second-order valence-corrected chi connectivity index (χ2v) is 5.05. The Morgan fingerprint density at radius 2 is 2.11 bits per heavy atom. The van der Waals surface area contributed by atoms with Gasteiger partial charge in [0.2, 0.25) is 0 Å². The molecule has 0 saturated carbocycles. The number of rotatable bonds is 4. The zero-order valence-corrected chi connectivity index (χ0v) is 10.3. The van der Waals surface area contributed by atoms with Gasteiger partial charge >= 0.3 is 5.97 Å². The van der Waals surface area contributed by atoms with E-state index in [1.807, 2.05) is 0 Å². The Labute approximate surface area is 107 Å². The Morgan fingerprint density at radius 3 is 2.61 bits per heavy atom. The molecule has 1 atom stereocenters. The summed E-state index contributed by atoms with van der Waals surface area (Å²) >= 11 is 1.02. The zero-order valence-electron chi connectivity index (χ0n) is 9.49. The molecule has 98 valence electrons. The van der Waals surface area contributed by atoms with Crippen LogP contribution in [0.25, 0.3) is 0 Å². The maximum atomic E-state index is 13.6. The van der Waals surface area contributed by atoms with Crippen molar-refractivity contribution in [2.45, 2.75) is 23.8 Å². The summed E-state index contributed by atoms with van der Waals surface area (Å²) in [7, 11) is 0. The van der Waals surface area contributed by atoms with Crippen LogP contribution in [-0.2, 0) is 4.74 Å². The molecule has 0 amide bonds. The van der Waals surface area contributed by atoms with E-state index in [1.165, 1.54) is 0 Å². The van der Waals surface area contributed by atoms with E-state index in [0.717, 1.165) is 36.7 Å². The monoisotopic (exact) mass is 274 g/mol. The maximum absolute atomic E-state index is 13.6. The fourth-order valence-corrected chi connectivity index (χ4v) is 2.78. The highest BCUT2D eigenvalue weighted by atomic mass is 32.2. The molecule has 0 spiro atoms. The van der Waals surface area contributed by atoms with Gasteiger partial charge in [-0.15, -0.1) is 11.8 Å². The SMILES string of the molecule is O=C(O)c1cc(F)c(SCC2CCCO2)c(F)c1. The number of hydrogen-bond donors (Lipinski definition) is 1. The zero-order chi connectivity index (χ0) is 13.1. The molecule has 18 heavy (non-hydrogen) atoms. The Hall–Kier alpha value is -1.14. The van der Waals surface area contributed by atoms with Crippen LogP contribution < -0.4 is 0 Å². The normalized spacial score (nSPS) is 19.1. The van der Waals surface area contributed by atoms with Crippen LogP contribution >= 0.6 is 11.8 Å². The Morgan fingerprint density at radius 1 is 1.44 bits per heavy atom. The minimum absolute atomic E-state index is 0.0213. The Bertz CT molecular complexity index is 436. The van der Waals surface area contributed by atoms with Crippen molar-refractivity contribution in [1.82, 2.24) is 0 Å². The van der Waals surface area contributed by atoms with E-state index in [4.69, 9.17) is 9.84 Å². The summed E-state index contributed by atoms with van der Waals surface area (Å²) in [6.45, 7) is 0.689. The van der Waals surface area contributed by atoms with Crippen molar-refractivity contribution in [3.63, 3.8) is 0 Å². The smallest absolute Gasteiger partial charge is 0.335 e. The summed E-state index contributed by atoms with van der Waals surface area (Å²) in [5.41, 5.74) is -0.383. The summed E-state index contributed by atoms with van der Waals surface area (Å²) in [5, 5.41) is 8.67. The van der Waals surface area contributed by atoms with E-state index in [-0.39, 0.29) is 16.6 Å². The van der Waals surface area contributed by atoms with Gasteiger partial charge in [-0.25, -0.2) is 13.6 Å². The number of benzene rings is 1. The lowest BCUT2D eigenvalue weighted by atomic mass is 10.2. The van der Waals surface area contributed by atoms with E-state index >= 15 is 0 Å². The van der Waals surface area contributed by atoms with Crippen LogP contribution in [0.1, 0.15) is 23.2 Å². The largest absolute Gasteiger partial charge is 0.478 e. The van der Waals surface area contributed by atoms with Gasteiger partial charge in [-0.2, -0.15) is 0 Å². The predicted octanol–water partition coefficient (Wildman–Crippen LogP) is 2.93. The third-order valence-corrected chi connectivity index (χ3v) is 3.90. The van der Waals surface area contributed by atoms with Crippen LogP contribution in [0.2, 0.25) is 0 Å². The number of carbonyl (C=O) groups is 1. The van der Waals surface area contributed by atoms with Gasteiger partial charge in [0.25, 0.3) is 0 Å². The van der Waals surface area contributed by atoms with Crippen LogP contribution in [0.3, 0.4) is 0 Å². The average Bonchev–Trinajstić information content (AvgIpc) is 2.80. The maximum Gasteiger partial charge on any atom is 0.335 e. The first-order valence-corrected chi connectivity index (χ1v) is 6.53. The highest BCUT2D eigenvalue weighted by molar-refractivity contribution is 7.99. The van der Waals surface area contributed by atoms with Gasteiger partial charge < -0.3 is 9.84 Å². The van der Waals surface area contributed by atoms with Gasteiger partial charge in [-0.3, -0.25) is 0 Å². The van der Waals surface area contributed by atoms with Gasteiger partial charge in [0.15, 0.2) is 0 Å². The van der Waals surface area contributed by atoms with E-state index in [1.54, 1.807) is 0 Å². The molecule has 0 aliphatic carbocycles. The molecule has 1 heterocycles. The quantitative estimate of drug-likeness (QED) is 0.857. The first-order chi connectivity index (χ1) is 8.58. The number of thioether (sulfide) groups is 1. The minimum Gasteiger partial charge on any atom is -0.478 e. The van der Waals surface area contributed by atoms with Crippen molar-refractivity contribution in [2.75, 3.05) is 12.4 Å². The van der Waals surface area contributed by atoms with E-state index < -0.39 is 17.6 Å². The topological polar surface area (TPSA) is 46.5 Å². The van der Waals surface area contributed by atoms with E-state index in [9.17, 15) is 13.6 Å². The molecule has 6 heteroatoms. The molecule has 3 nitrogen and oxygen atoms in total. The fraction of sp³-hybridized carbons (Fsp3) is 0.417.